The van der Waals surface area contributed by atoms with Crippen molar-refractivity contribution in [2.45, 2.75) is 30.9 Å². The summed E-state index contributed by atoms with van der Waals surface area (Å²) in [7, 11) is 1.54. The molecule has 0 radical (unpaired) electrons. The number of hydrogen-bond acceptors (Lipinski definition) is 5. The summed E-state index contributed by atoms with van der Waals surface area (Å²) in [5, 5.41) is 0. The van der Waals surface area contributed by atoms with Gasteiger partial charge in [0, 0.05) is 7.05 Å². The summed E-state index contributed by atoms with van der Waals surface area (Å²) in [5.41, 5.74) is 0.335. The van der Waals surface area contributed by atoms with Crippen molar-refractivity contribution in [3.63, 3.8) is 0 Å². The molecular formula is C25H20N2O5. The molecule has 3 fully saturated rings. The van der Waals surface area contributed by atoms with Crippen LogP contribution < -0.4 is 0 Å². The van der Waals surface area contributed by atoms with Crippen molar-refractivity contribution in [2.24, 2.45) is 10.8 Å². The lowest BCUT2D eigenvalue weighted by Crippen LogP contribution is -2.53. The van der Waals surface area contributed by atoms with Crippen molar-refractivity contribution < 1.29 is 23.9 Å². The molecule has 2 aromatic carbocycles. The Bertz CT molecular complexity index is 1180. The minimum absolute atomic E-state index is 0.120. The largest absolute Gasteiger partial charge is 0.445 e. The molecule has 7 nitrogen and oxygen atoms in total. The first-order valence-electron chi connectivity index (χ1n) is 10.8. The van der Waals surface area contributed by atoms with Gasteiger partial charge in [-0.05, 0) is 16.7 Å². The highest BCUT2D eigenvalue weighted by Gasteiger charge is 2.91. The normalized spacial score (nSPS) is 37.2. The Morgan fingerprint density at radius 1 is 0.906 bits per heavy atom. The number of rotatable bonds is 2. The smallest absolute Gasteiger partial charge is 0.411 e. The number of hydrogen-bond donors (Lipinski definition) is 0. The maximum Gasteiger partial charge on any atom is 0.411 e. The average Bonchev–Trinajstić information content (AvgIpc) is 3.59. The lowest BCUT2D eigenvalue weighted by Gasteiger charge is -2.41. The fourth-order valence-corrected chi connectivity index (χ4v) is 7.07. The Hall–Kier alpha value is -3.45. The van der Waals surface area contributed by atoms with Crippen LogP contribution in [0, 0.1) is 10.8 Å². The van der Waals surface area contributed by atoms with Crippen LogP contribution in [0.25, 0.3) is 0 Å². The predicted molar refractivity (Wildman–Crippen MR) is 111 cm³/mol. The second-order valence-corrected chi connectivity index (χ2v) is 9.15. The molecule has 0 aliphatic carbocycles. The van der Waals surface area contributed by atoms with Crippen LogP contribution in [0.3, 0.4) is 0 Å². The Kier molecular flexibility index (Phi) is 3.21. The molecule has 3 saturated heterocycles. The van der Waals surface area contributed by atoms with Crippen LogP contribution in [0.5, 0.6) is 0 Å². The molecule has 0 unspecified atom stereocenters. The molecule has 0 N–H and O–H groups in total. The average molecular weight is 428 g/mol. The van der Waals surface area contributed by atoms with Gasteiger partial charge in [0.05, 0.1) is 24.3 Å². The van der Waals surface area contributed by atoms with Crippen molar-refractivity contribution in [2.75, 3.05) is 7.05 Å². The van der Waals surface area contributed by atoms with Crippen LogP contribution in [0.2, 0.25) is 0 Å². The van der Waals surface area contributed by atoms with Crippen molar-refractivity contribution in [3.05, 3.63) is 83.4 Å². The molecule has 5 aliphatic heterocycles. The third-order valence-corrected chi connectivity index (χ3v) is 8.07. The van der Waals surface area contributed by atoms with E-state index < -0.39 is 41.2 Å². The van der Waals surface area contributed by atoms with Crippen LogP contribution in [0.4, 0.5) is 4.79 Å². The molecular weight excluding hydrogens is 408 g/mol. The number of nitrogens with zero attached hydrogens (tertiary/aromatic N) is 2. The van der Waals surface area contributed by atoms with Gasteiger partial charge in [0.1, 0.15) is 17.4 Å². The number of fused-ring (bicyclic) bond motifs is 7. The van der Waals surface area contributed by atoms with Gasteiger partial charge in [0.25, 0.3) is 0 Å². The monoisotopic (exact) mass is 428 g/mol. The highest BCUT2D eigenvalue weighted by Crippen LogP contribution is 2.81. The molecule has 0 saturated carbocycles. The molecule has 3 amide bonds. The van der Waals surface area contributed by atoms with Gasteiger partial charge in [-0.25, -0.2) is 4.79 Å². The second kappa shape index (κ2) is 5.66. The lowest BCUT2D eigenvalue weighted by molar-refractivity contribution is -0.146. The molecule has 6 atom stereocenters. The predicted octanol–water partition coefficient (Wildman–Crippen LogP) is 2.74. The zero-order valence-corrected chi connectivity index (χ0v) is 17.3. The Labute approximate surface area is 184 Å². The van der Waals surface area contributed by atoms with E-state index in [1.165, 1.54) is 4.90 Å². The van der Waals surface area contributed by atoms with Crippen LogP contribution in [0.1, 0.15) is 28.8 Å². The Morgan fingerprint density at radius 2 is 1.44 bits per heavy atom. The van der Waals surface area contributed by atoms with Crippen molar-refractivity contribution >= 4 is 17.9 Å². The summed E-state index contributed by atoms with van der Waals surface area (Å²) in [4.78, 5) is 43.9. The van der Waals surface area contributed by atoms with Crippen molar-refractivity contribution in [1.82, 2.24) is 9.80 Å². The van der Waals surface area contributed by atoms with Crippen molar-refractivity contribution in [1.29, 1.82) is 0 Å². The molecule has 7 heteroatoms. The molecule has 32 heavy (non-hydrogen) atoms. The third kappa shape index (κ3) is 1.65. The van der Waals surface area contributed by atoms with Gasteiger partial charge in [-0.1, -0.05) is 66.7 Å². The first kappa shape index (κ1) is 18.2. The number of carbonyl (C=O) groups excluding carboxylic acids is 3. The van der Waals surface area contributed by atoms with Gasteiger partial charge < -0.3 is 9.47 Å². The zero-order valence-electron chi connectivity index (χ0n) is 17.3. The molecule has 0 spiro atoms. The number of likely N-dealkylation sites (tertiary alicyclic amines) is 1. The van der Waals surface area contributed by atoms with E-state index in [1.807, 2.05) is 66.7 Å². The first-order valence-corrected chi connectivity index (χ1v) is 10.8. The van der Waals surface area contributed by atoms with E-state index in [2.05, 4.69) is 0 Å². The fourth-order valence-electron chi connectivity index (χ4n) is 7.07. The molecule has 160 valence electrons. The van der Waals surface area contributed by atoms with Crippen LogP contribution in [-0.4, -0.2) is 47.0 Å². The van der Waals surface area contributed by atoms with Gasteiger partial charge in [0.15, 0.2) is 0 Å². The van der Waals surface area contributed by atoms with Gasteiger partial charge in [-0.2, -0.15) is 0 Å². The zero-order chi connectivity index (χ0) is 21.8. The summed E-state index contributed by atoms with van der Waals surface area (Å²) < 4.78 is 11.9. The first-order chi connectivity index (χ1) is 15.5. The molecule has 2 aromatic rings. The lowest BCUT2D eigenvalue weighted by atomic mass is 9.52. The van der Waals surface area contributed by atoms with Crippen LogP contribution in [-0.2, 0) is 25.7 Å². The van der Waals surface area contributed by atoms with Gasteiger partial charge in [-0.15, -0.1) is 0 Å². The Morgan fingerprint density at radius 3 is 2.00 bits per heavy atom. The van der Waals surface area contributed by atoms with E-state index >= 15 is 0 Å². The van der Waals surface area contributed by atoms with E-state index in [4.69, 9.17) is 9.47 Å². The van der Waals surface area contributed by atoms with E-state index in [9.17, 15) is 14.4 Å². The molecule has 5 heterocycles. The van der Waals surface area contributed by atoms with E-state index in [0.29, 0.717) is 0 Å². The topological polar surface area (TPSA) is 76.2 Å². The molecule has 0 aromatic heterocycles. The highest BCUT2D eigenvalue weighted by molar-refractivity contribution is 6.14. The van der Waals surface area contributed by atoms with E-state index in [-0.39, 0.29) is 18.4 Å². The summed E-state index contributed by atoms with van der Waals surface area (Å²) in [6.07, 6.45) is 2.13. The molecule has 7 rings (SSSR count). The maximum absolute atomic E-state index is 13.7. The van der Waals surface area contributed by atoms with Crippen LogP contribution in [0.15, 0.2) is 66.7 Å². The fraction of sp³-hybridized carbons (Fsp3) is 0.320. The maximum atomic E-state index is 13.7. The second-order valence-electron chi connectivity index (χ2n) is 9.15. The number of imide groups is 1. The quantitative estimate of drug-likeness (QED) is 0.543. The third-order valence-electron chi connectivity index (χ3n) is 8.07. The number of ether oxygens (including phenoxy) is 2. The summed E-state index contributed by atoms with van der Waals surface area (Å²) in [6, 6.07) is 15.9. The van der Waals surface area contributed by atoms with Crippen molar-refractivity contribution in [3.8, 4) is 0 Å². The summed E-state index contributed by atoms with van der Waals surface area (Å²) in [6.45, 7) is 0.120. The standard InChI is InChI=1S/C25H20N2O5/c1-26-21(28)24-17-11-12-18(32-17)25(24,22(26)29)20-16-10-6-5-9-15(16)19(24)27(20)23(30)31-13-14-7-3-2-4-8-14/h2-12,17-20H,13H2,1H3/t17-,18+,19-,20+,24-,25+. The van der Waals surface area contributed by atoms with E-state index in [0.717, 1.165) is 16.7 Å². The summed E-state index contributed by atoms with van der Waals surface area (Å²) in [5.74, 6) is -0.551. The number of carbonyl (C=O) groups is 3. The summed E-state index contributed by atoms with van der Waals surface area (Å²) >= 11 is 0. The Balaban J connectivity index is 1.39. The highest BCUT2D eigenvalue weighted by atomic mass is 16.6. The van der Waals surface area contributed by atoms with Gasteiger partial charge in [-0.3, -0.25) is 19.4 Å². The van der Waals surface area contributed by atoms with Gasteiger partial charge >= 0.3 is 6.09 Å². The van der Waals surface area contributed by atoms with Gasteiger partial charge in [0.2, 0.25) is 11.8 Å². The SMILES string of the molecule is CN1C(=O)[C@@]23[C@@H]4C=C[C@@H](O4)[C@]2(C1=O)[C@H]1c2ccccc2[C@@H]3N1C(=O)OCc1ccccc1. The van der Waals surface area contributed by atoms with Crippen LogP contribution >= 0.6 is 0 Å². The minimum atomic E-state index is -1.16. The number of benzene rings is 2. The number of amides is 3. The molecule has 5 aliphatic rings. The minimum Gasteiger partial charge on any atom is -0.445 e. The molecule has 4 bridgehead atoms. The van der Waals surface area contributed by atoms with E-state index in [1.54, 1.807) is 11.9 Å².